The van der Waals surface area contributed by atoms with Crippen molar-refractivity contribution in [1.82, 2.24) is 0 Å². The fraction of sp³-hybridized carbons (Fsp3) is 0.357. The van der Waals surface area contributed by atoms with Crippen LogP contribution in [0, 0.1) is 11.8 Å². The van der Waals surface area contributed by atoms with Crippen LogP contribution in [-0.4, -0.2) is 5.78 Å². The van der Waals surface area contributed by atoms with Gasteiger partial charge in [0.05, 0.1) is 6.42 Å². The fourth-order valence-electron chi connectivity index (χ4n) is 1.63. The number of benzene rings is 1. The minimum Gasteiger partial charge on any atom is -0.298 e. The highest BCUT2D eigenvalue weighted by Gasteiger charge is 2.16. The Kier molecular flexibility index (Phi) is 4.63. The molecular weight excluding hydrogens is 184 g/mol. The van der Waals surface area contributed by atoms with Crippen LogP contribution in [0.3, 0.4) is 0 Å². The second-order valence-electron chi connectivity index (χ2n) is 3.44. The van der Waals surface area contributed by atoms with E-state index in [2.05, 4.69) is 11.8 Å². The summed E-state index contributed by atoms with van der Waals surface area (Å²) in [5, 5.41) is 0. The molecular formula is C14H16O. The van der Waals surface area contributed by atoms with Crippen molar-refractivity contribution >= 4 is 5.78 Å². The first-order chi connectivity index (χ1) is 7.29. The summed E-state index contributed by atoms with van der Waals surface area (Å²) in [5.74, 6) is 5.82. The summed E-state index contributed by atoms with van der Waals surface area (Å²) in [6.07, 6.45) is 1.21. The van der Waals surface area contributed by atoms with Crippen LogP contribution >= 0.6 is 0 Å². The molecule has 78 valence electrons. The van der Waals surface area contributed by atoms with Crippen molar-refractivity contribution in [2.24, 2.45) is 0 Å². The molecule has 1 rings (SSSR count). The molecule has 0 aliphatic rings. The van der Waals surface area contributed by atoms with Crippen LogP contribution in [0.5, 0.6) is 0 Å². The third-order valence-corrected chi connectivity index (χ3v) is 2.44. The lowest BCUT2D eigenvalue weighted by atomic mass is 9.91. The fourth-order valence-corrected chi connectivity index (χ4v) is 1.63. The zero-order valence-corrected chi connectivity index (χ0v) is 9.29. The van der Waals surface area contributed by atoms with Gasteiger partial charge in [0.25, 0.3) is 0 Å². The Morgan fingerprint density at radius 3 is 2.53 bits per heavy atom. The number of rotatable bonds is 4. The van der Waals surface area contributed by atoms with Crippen molar-refractivity contribution < 1.29 is 4.79 Å². The summed E-state index contributed by atoms with van der Waals surface area (Å²) in [7, 11) is 0. The highest BCUT2D eigenvalue weighted by Crippen LogP contribution is 2.21. The molecule has 0 spiro atoms. The Bertz CT molecular complexity index is 367. The number of hydrogen-bond acceptors (Lipinski definition) is 1. The minimum absolute atomic E-state index is 0.00653. The maximum atomic E-state index is 11.8. The molecule has 0 radical (unpaired) electrons. The molecule has 0 aliphatic carbocycles. The molecule has 0 aromatic heterocycles. The van der Waals surface area contributed by atoms with Gasteiger partial charge in [0.2, 0.25) is 0 Å². The number of carbonyl (C=O) groups is 1. The SMILES string of the molecule is CC#CCC(=O)C(CC)c1ccccc1. The van der Waals surface area contributed by atoms with Crippen LogP contribution in [0.2, 0.25) is 0 Å². The van der Waals surface area contributed by atoms with Gasteiger partial charge in [-0.1, -0.05) is 43.2 Å². The summed E-state index contributed by atoms with van der Waals surface area (Å²) in [4.78, 5) is 11.8. The standard InChI is InChI=1S/C14H16O/c1-3-5-11-14(15)13(4-2)12-9-7-6-8-10-12/h6-10,13H,4,11H2,1-2H3. The number of hydrogen-bond donors (Lipinski definition) is 0. The zero-order chi connectivity index (χ0) is 11.1. The van der Waals surface area contributed by atoms with Crippen LogP contribution in [0.1, 0.15) is 38.2 Å². The summed E-state index contributed by atoms with van der Waals surface area (Å²) >= 11 is 0. The van der Waals surface area contributed by atoms with Crippen molar-refractivity contribution in [3.8, 4) is 11.8 Å². The number of ketones is 1. The predicted octanol–water partition coefficient (Wildman–Crippen LogP) is 3.16. The molecule has 0 N–H and O–H groups in total. The first kappa shape index (κ1) is 11.5. The van der Waals surface area contributed by atoms with Gasteiger partial charge in [0.15, 0.2) is 5.78 Å². The van der Waals surface area contributed by atoms with Crippen LogP contribution in [-0.2, 0) is 4.79 Å². The van der Waals surface area contributed by atoms with E-state index < -0.39 is 0 Å². The molecule has 1 atom stereocenters. The van der Waals surface area contributed by atoms with Gasteiger partial charge >= 0.3 is 0 Å². The van der Waals surface area contributed by atoms with E-state index in [1.807, 2.05) is 37.3 Å². The molecule has 0 amide bonds. The van der Waals surface area contributed by atoms with E-state index in [1.165, 1.54) is 0 Å². The van der Waals surface area contributed by atoms with E-state index in [0.29, 0.717) is 6.42 Å². The molecule has 1 aromatic carbocycles. The van der Waals surface area contributed by atoms with Gasteiger partial charge in [-0.2, -0.15) is 0 Å². The van der Waals surface area contributed by atoms with Crippen LogP contribution in [0.4, 0.5) is 0 Å². The summed E-state index contributed by atoms with van der Waals surface area (Å²) in [6, 6.07) is 9.91. The molecule has 0 heterocycles. The molecule has 15 heavy (non-hydrogen) atoms. The molecule has 0 aliphatic heterocycles. The second kappa shape index (κ2) is 6.03. The highest BCUT2D eigenvalue weighted by atomic mass is 16.1. The van der Waals surface area contributed by atoms with Crippen LogP contribution in [0.25, 0.3) is 0 Å². The van der Waals surface area contributed by atoms with E-state index in [1.54, 1.807) is 6.92 Å². The first-order valence-corrected chi connectivity index (χ1v) is 5.26. The van der Waals surface area contributed by atoms with Gasteiger partial charge in [-0.3, -0.25) is 4.79 Å². The summed E-state index contributed by atoms with van der Waals surface area (Å²) in [6.45, 7) is 3.80. The highest BCUT2D eigenvalue weighted by molar-refractivity contribution is 5.87. The third kappa shape index (κ3) is 3.25. The molecule has 1 aromatic rings. The maximum absolute atomic E-state index is 11.8. The van der Waals surface area contributed by atoms with E-state index in [4.69, 9.17) is 0 Å². The molecule has 0 fully saturated rings. The number of Topliss-reactive ketones (excluding diaryl/α,β-unsaturated/α-hetero) is 1. The topological polar surface area (TPSA) is 17.1 Å². The van der Waals surface area contributed by atoms with Crippen molar-refractivity contribution in [3.05, 3.63) is 35.9 Å². The van der Waals surface area contributed by atoms with E-state index in [-0.39, 0.29) is 11.7 Å². The first-order valence-electron chi connectivity index (χ1n) is 5.26. The lowest BCUT2D eigenvalue weighted by Gasteiger charge is -2.12. The molecule has 1 heteroatoms. The van der Waals surface area contributed by atoms with Gasteiger partial charge in [-0.05, 0) is 18.9 Å². The lowest BCUT2D eigenvalue weighted by Crippen LogP contribution is -2.10. The second-order valence-corrected chi connectivity index (χ2v) is 3.44. The van der Waals surface area contributed by atoms with Gasteiger partial charge in [-0.15, -0.1) is 5.92 Å². The summed E-state index contributed by atoms with van der Waals surface area (Å²) in [5.41, 5.74) is 1.10. The normalized spacial score (nSPS) is 11.3. The van der Waals surface area contributed by atoms with Crippen molar-refractivity contribution in [2.75, 3.05) is 0 Å². The Balaban J connectivity index is 2.79. The van der Waals surface area contributed by atoms with E-state index in [0.717, 1.165) is 12.0 Å². The van der Waals surface area contributed by atoms with Gasteiger partial charge in [0, 0.05) is 5.92 Å². The minimum atomic E-state index is 0.00653. The Labute approximate surface area is 91.5 Å². The zero-order valence-electron chi connectivity index (χ0n) is 9.29. The largest absolute Gasteiger partial charge is 0.298 e. The van der Waals surface area contributed by atoms with Crippen molar-refractivity contribution in [2.45, 2.75) is 32.6 Å². The molecule has 1 unspecified atom stereocenters. The average molecular weight is 200 g/mol. The van der Waals surface area contributed by atoms with E-state index >= 15 is 0 Å². The smallest absolute Gasteiger partial charge is 0.152 e. The third-order valence-electron chi connectivity index (χ3n) is 2.44. The Morgan fingerprint density at radius 1 is 1.33 bits per heavy atom. The monoisotopic (exact) mass is 200 g/mol. The molecule has 1 nitrogen and oxygen atoms in total. The van der Waals surface area contributed by atoms with Gasteiger partial charge in [0.1, 0.15) is 0 Å². The predicted molar refractivity (Wildman–Crippen MR) is 62.5 cm³/mol. The number of carbonyl (C=O) groups excluding carboxylic acids is 1. The van der Waals surface area contributed by atoms with Crippen LogP contribution in [0.15, 0.2) is 30.3 Å². The van der Waals surface area contributed by atoms with Crippen molar-refractivity contribution in [3.63, 3.8) is 0 Å². The molecule has 0 saturated heterocycles. The molecule has 0 saturated carbocycles. The molecule has 0 bridgehead atoms. The van der Waals surface area contributed by atoms with Crippen molar-refractivity contribution in [1.29, 1.82) is 0 Å². The maximum Gasteiger partial charge on any atom is 0.152 e. The Morgan fingerprint density at radius 2 is 2.00 bits per heavy atom. The average Bonchev–Trinajstić information content (AvgIpc) is 2.29. The van der Waals surface area contributed by atoms with Crippen LogP contribution < -0.4 is 0 Å². The summed E-state index contributed by atoms with van der Waals surface area (Å²) < 4.78 is 0. The quantitative estimate of drug-likeness (QED) is 0.682. The van der Waals surface area contributed by atoms with Gasteiger partial charge in [-0.25, -0.2) is 0 Å². The lowest BCUT2D eigenvalue weighted by molar-refractivity contribution is -0.119. The Hall–Kier alpha value is -1.55. The van der Waals surface area contributed by atoms with E-state index in [9.17, 15) is 4.79 Å². The van der Waals surface area contributed by atoms with Gasteiger partial charge < -0.3 is 0 Å².